The summed E-state index contributed by atoms with van der Waals surface area (Å²) in [5.74, 6) is 0.222. The predicted octanol–water partition coefficient (Wildman–Crippen LogP) is 2.46. The minimum atomic E-state index is 0.222. The molecule has 0 fully saturated rings. The predicted molar refractivity (Wildman–Crippen MR) is 52.1 cm³/mol. The third-order valence-electron chi connectivity index (χ3n) is 3.16. The largest absolute Gasteiger partial charge is 0.313 e. The van der Waals surface area contributed by atoms with Crippen LogP contribution in [0.3, 0.4) is 0 Å². The van der Waals surface area contributed by atoms with Gasteiger partial charge in [-0.25, -0.2) is 0 Å². The molecule has 0 saturated heterocycles. The molecule has 2 heteroatoms. The van der Waals surface area contributed by atoms with E-state index >= 15 is 0 Å². The Balaban J connectivity index is 2.26. The number of nitrogens with zero attached hydrogens (tertiary/aromatic N) is 1. The minimum absolute atomic E-state index is 0.222. The smallest absolute Gasteiger partial charge is 0.223 e. The summed E-state index contributed by atoms with van der Waals surface area (Å²) in [7, 11) is 0. The van der Waals surface area contributed by atoms with Crippen LogP contribution in [0.5, 0.6) is 0 Å². The maximum atomic E-state index is 11.4. The van der Waals surface area contributed by atoms with Crippen molar-refractivity contribution in [1.82, 2.24) is 4.90 Å². The lowest BCUT2D eigenvalue weighted by atomic mass is 9.96. The Morgan fingerprint density at radius 1 is 1.38 bits per heavy atom. The van der Waals surface area contributed by atoms with Gasteiger partial charge in [0.25, 0.3) is 0 Å². The molecule has 2 rings (SSSR count). The van der Waals surface area contributed by atoms with Gasteiger partial charge in [0.05, 0.1) is 0 Å². The first-order valence-corrected chi connectivity index (χ1v) is 5.21. The number of amides is 1. The van der Waals surface area contributed by atoms with E-state index in [2.05, 4.69) is 6.92 Å². The van der Waals surface area contributed by atoms with Crippen molar-refractivity contribution in [1.29, 1.82) is 0 Å². The molecule has 0 aromatic rings. The SMILES string of the molecule is CC(=O)N1C2=C(CCCC2)CC1C. The Bertz CT molecular complexity index is 267. The third-order valence-corrected chi connectivity index (χ3v) is 3.16. The van der Waals surface area contributed by atoms with E-state index in [4.69, 9.17) is 0 Å². The summed E-state index contributed by atoms with van der Waals surface area (Å²) in [5.41, 5.74) is 2.90. The fourth-order valence-corrected chi connectivity index (χ4v) is 2.68. The van der Waals surface area contributed by atoms with E-state index in [1.807, 2.05) is 4.90 Å². The van der Waals surface area contributed by atoms with E-state index in [1.165, 1.54) is 25.0 Å². The van der Waals surface area contributed by atoms with Crippen LogP contribution < -0.4 is 0 Å². The molecule has 1 amide bonds. The molecule has 1 aliphatic heterocycles. The molecule has 1 unspecified atom stereocenters. The number of carbonyl (C=O) groups is 1. The molecule has 1 atom stereocenters. The highest BCUT2D eigenvalue weighted by Crippen LogP contribution is 2.37. The maximum absolute atomic E-state index is 11.4. The first-order valence-electron chi connectivity index (χ1n) is 5.21. The summed E-state index contributed by atoms with van der Waals surface area (Å²) >= 11 is 0. The van der Waals surface area contributed by atoms with Gasteiger partial charge in [0.15, 0.2) is 0 Å². The molecule has 0 saturated carbocycles. The second-order valence-corrected chi connectivity index (χ2v) is 4.20. The molecule has 2 nitrogen and oxygen atoms in total. The summed E-state index contributed by atoms with van der Waals surface area (Å²) in [6.45, 7) is 3.83. The molecule has 1 heterocycles. The van der Waals surface area contributed by atoms with Crippen LogP contribution in [0.15, 0.2) is 11.3 Å². The van der Waals surface area contributed by atoms with Gasteiger partial charge < -0.3 is 4.90 Å². The second kappa shape index (κ2) is 3.17. The molecule has 0 N–H and O–H groups in total. The number of rotatable bonds is 0. The van der Waals surface area contributed by atoms with Gasteiger partial charge in [-0.2, -0.15) is 0 Å². The van der Waals surface area contributed by atoms with E-state index in [0.717, 1.165) is 12.8 Å². The van der Waals surface area contributed by atoms with Crippen LogP contribution in [-0.2, 0) is 4.79 Å². The maximum Gasteiger partial charge on any atom is 0.223 e. The lowest BCUT2D eigenvalue weighted by Crippen LogP contribution is -2.32. The molecule has 72 valence electrons. The van der Waals surface area contributed by atoms with Crippen molar-refractivity contribution >= 4 is 5.91 Å². The molecular weight excluding hydrogens is 162 g/mol. The zero-order valence-electron chi connectivity index (χ0n) is 8.47. The molecular formula is C11H17NO. The second-order valence-electron chi connectivity index (χ2n) is 4.20. The van der Waals surface area contributed by atoms with Crippen LogP contribution in [0.2, 0.25) is 0 Å². The molecule has 0 bridgehead atoms. The van der Waals surface area contributed by atoms with Crippen LogP contribution in [0.25, 0.3) is 0 Å². The van der Waals surface area contributed by atoms with Crippen molar-refractivity contribution in [3.8, 4) is 0 Å². The normalized spacial score (nSPS) is 27.8. The van der Waals surface area contributed by atoms with Gasteiger partial charge in [-0.05, 0) is 44.6 Å². The Morgan fingerprint density at radius 2 is 2.08 bits per heavy atom. The fraction of sp³-hybridized carbons (Fsp3) is 0.727. The van der Waals surface area contributed by atoms with E-state index in [1.54, 1.807) is 12.5 Å². The summed E-state index contributed by atoms with van der Waals surface area (Å²) in [4.78, 5) is 13.4. The fourth-order valence-electron chi connectivity index (χ4n) is 2.68. The number of hydrogen-bond donors (Lipinski definition) is 0. The summed E-state index contributed by atoms with van der Waals surface area (Å²) in [6, 6.07) is 0.417. The van der Waals surface area contributed by atoms with Crippen LogP contribution in [0.4, 0.5) is 0 Å². The highest BCUT2D eigenvalue weighted by molar-refractivity contribution is 5.76. The first-order chi connectivity index (χ1) is 6.20. The van der Waals surface area contributed by atoms with E-state index < -0.39 is 0 Å². The quantitative estimate of drug-likeness (QED) is 0.559. The number of allylic oxidation sites excluding steroid dienone is 1. The van der Waals surface area contributed by atoms with Gasteiger partial charge in [-0.15, -0.1) is 0 Å². The first kappa shape index (κ1) is 8.79. The third kappa shape index (κ3) is 1.38. The molecule has 0 spiro atoms. The van der Waals surface area contributed by atoms with Gasteiger partial charge in [-0.3, -0.25) is 4.79 Å². The van der Waals surface area contributed by atoms with Crippen molar-refractivity contribution in [3.63, 3.8) is 0 Å². The monoisotopic (exact) mass is 179 g/mol. The lowest BCUT2D eigenvalue weighted by molar-refractivity contribution is -0.128. The van der Waals surface area contributed by atoms with E-state index in [-0.39, 0.29) is 5.91 Å². The zero-order valence-corrected chi connectivity index (χ0v) is 8.47. The van der Waals surface area contributed by atoms with Crippen molar-refractivity contribution in [2.45, 2.75) is 52.0 Å². The molecule has 0 aromatic heterocycles. The van der Waals surface area contributed by atoms with Crippen molar-refractivity contribution in [2.24, 2.45) is 0 Å². The Hall–Kier alpha value is -0.790. The average Bonchev–Trinajstić information content (AvgIpc) is 2.39. The molecule has 1 aliphatic carbocycles. The molecule has 0 aromatic carbocycles. The van der Waals surface area contributed by atoms with Gasteiger partial charge in [-0.1, -0.05) is 0 Å². The lowest BCUT2D eigenvalue weighted by Gasteiger charge is -2.25. The van der Waals surface area contributed by atoms with Gasteiger partial charge in [0.1, 0.15) is 0 Å². The highest BCUT2D eigenvalue weighted by atomic mass is 16.2. The van der Waals surface area contributed by atoms with Crippen LogP contribution >= 0.6 is 0 Å². The number of hydrogen-bond acceptors (Lipinski definition) is 1. The van der Waals surface area contributed by atoms with E-state index in [9.17, 15) is 4.79 Å². The number of carbonyl (C=O) groups excluding carboxylic acids is 1. The Kier molecular flexibility index (Phi) is 2.14. The average molecular weight is 179 g/mol. The van der Waals surface area contributed by atoms with Crippen molar-refractivity contribution in [2.75, 3.05) is 0 Å². The summed E-state index contributed by atoms with van der Waals surface area (Å²) in [6.07, 6.45) is 6.05. The molecule has 0 radical (unpaired) electrons. The van der Waals surface area contributed by atoms with Crippen LogP contribution in [0.1, 0.15) is 46.0 Å². The van der Waals surface area contributed by atoms with Gasteiger partial charge >= 0.3 is 0 Å². The minimum Gasteiger partial charge on any atom is -0.313 e. The Morgan fingerprint density at radius 3 is 2.77 bits per heavy atom. The van der Waals surface area contributed by atoms with Crippen LogP contribution in [-0.4, -0.2) is 16.8 Å². The Labute approximate surface area is 79.6 Å². The highest BCUT2D eigenvalue weighted by Gasteiger charge is 2.31. The van der Waals surface area contributed by atoms with E-state index in [0.29, 0.717) is 6.04 Å². The van der Waals surface area contributed by atoms with Gasteiger partial charge in [0, 0.05) is 18.7 Å². The van der Waals surface area contributed by atoms with Crippen molar-refractivity contribution in [3.05, 3.63) is 11.3 Å². The summed E-state index contributed by atoms with van der Waals surface area (Å²) < 4.78 is 0. The van der Waals surface area contributed by atoms with Crippen molar-refractivity contribution < 1.29 is 4.79 Å². The summed E-state index contributed by atoms with van der Waals surface area (Å²) in [5, 5.41) is 0. The molecule has 2 aliphatic rings. The zero-order chi connectivity index (χ0) is 9.42. The van der Waals surface area contributed by atoms with Gasteiger partial charge in [0.2, 0.25) is 5.91 Å². The topological polar surface area (TPSA) is 20.3 Å². The molecule has 13 heavy (non-hydrogen) atoms. The standard InChI is InChI=1S/C11H17NO/c1-8-7-10-5-3-4-6-11(10)12(8)9(2)13/h8H,3-7H2,1-2H3. The van der Waals surface area contributed by atoms with Crippen LogP contribution in [0, 0.1) is 0 Å².